The number of aryl methyl sites for hydroxylation is 1. The highest BCUT2D eigenvalue weighted by molar-refractivity contribution is 6.00. The SMILES string of the molecule is CC.COc1ccc(-c2cc(C(F)(F)F)n3ncc(C(=O)N4CCN(Cc5ccc(C)cc5)CC4)c3n2)cc1. The molecule has 2 aromatic carbocycles. The number of piperazine rings is 1. The first kappa shape index (κ1) is 28.1. The molecule has 206 valence electrons. The fourth-order valence-electron chi connectivity index (χ4n) is 4.46. The number of benzene rings is 2. The van der Waals surface area contributed by atoms with Crippen LogP contribution in [0.25, 0.3) is 16.9 Å². The molecular formula is C29H32F3N5O2. The standard InChI is InChI=1S/C27H26F3N5O2.C2H6/c1-18-3-5-19(6-4-18)17-33-11-13-34(14-12-33)26(36)22-16-31-35-24(27(28,29)30)15-23(32-25(22)35)20-7-9-21(37-2)10-8-20;1-2/h3-10,15-16H,11-14,17H2,1-2H3;1-2H3. The van der Waals surface area contributed by atoms with E-state index in [0.29, 0.717) is 42.0 Å². The van der Waals surface area contributed by atoms with Crippen LogP contribution >= 0.6 is 0 Å². The lowest BCUT2D eigenvalue weighted by molar-refractivity contribution is -0.142. The zero-order chi connectivity index (χ0) is 28.2. The zero-order valence-corrected chi connectivity index (χ0v) is 22.5. The predicted octanol–water partition coefficient (Wildman–Crippen LogP) is 5.72. The van der Waals surface area contributed by atoms with E-state index < -0.39 is 11.9 Å². The number of fused-ring (bicyclic) bond motifs is 1. The van der Waals surface area contributed by atoms with Gasteiger partial charge in [-0.05, 0) is 42.8 Å². The highest BCUT2D eigenvalue weighted by atomic mass is 19.4. The van der Waals surface area contributed by atoms with E-state index in [9.17, 15) is 18.0 Å². The molecular weight excluding hydrogens is 507 g/mol. The van der Waals surface area contributed by atoms with Crippen molar-refractivity contribution in [2.45, 2.75) is 33.5 Å². The van der Waals surface area contributed by atoms with E-state index in [1.165, 1.54) is 24.4 Å². The molecule has 1 aliphatic heterocycles. The molecule has 0 saturated carbocycles. The summed E-state index contributed by atoms with van der Waals surface area (Å²) in [5, 5.41) is 3.90. The second kappa shape index (κ2) is 11.9. The van der Waals surface area contributed by atoms with Crippen LogP contribution in [0.2, 0.25) is 0 Å². The number of ether oxygens (including phenoxy) is 1. The van der Waals surface area contributed by atoms with Crippen LogP contribution in [0.15, 0.2) is 60.8 Å². The van der Waals surface area contributed by atoms with Crippen LogP contribution in [0, 0.1) is 6.92 Å². The van der Waals surface area contributed by atoms with Crippen LogP contribution in [-0.4, -0.2) is 63.6 Å². The van der Waals surface area contributed by atoms with Crippen molar-refractivity contribution in [1.29, 1.82) is 0 Å². The topological polar surface area (TPSA) is 63.0 Å². The molecule has 1 aliphatic rings. The third-order valence-electron chi connectivity index (χ3n) is 6.56. The van der Waals surface area contributed by atoms with Crippen LogP contribution in [-0.2, 0) is 12.7 Å². The van der Waals surface area contributed by atoms with Crippen molar-refractivity contribution in [3.8, 4) is 17.0 Å². The molecule has 1 amide bonds. The Bertz CT molecular complexity index is 1410. The molecule has 2 aromatic heterocycles. The molecule has 39 heavy (non-hydrogen) atoms. The number of aromatic nitrogens is 3. The maximum absolute atomic E-state index is 13.9. The summed E-state index contributed by atoms with van der Waals surface area (Å²) >= 11 is 0. The Morgan fingerprint density at radius 3 is 2.21 bits per heavy atom. The van der Waals surface area contributed by atoms with Gasteiger partial charge in [0.15, 0.2) is 11.3 Å². The molecule has 3 heterocycles. The number of carbonyl (C=O) groups excluding carboxylic acids is 1. The third-order valence-corrected chi connectivity index (χ3v) is 6.56. The van der Waals surface area contributed by atoms with Gasteiger partial charge in [-0.3, -0.25) is 9.69 Å². The first-order valence-corrected chi connectivity index (χ1v) is 12.9. The molecule has 0 N–H and O–H groups in total. The summed E-state index contributed by atoms with van der Waals surface area (Å²) < 4.78 is 47.6. The Balaban J connectivity index is 0.00000172. The molecule has 1 fully saturated rings. The van der Waals surface area contributed by atoms with Crippen LogP contribution in [0.3, 0.4) is 0 Å². The number of nitrogens with zero attached hydrogens (tertiary/aromatic N) is 5. The minimum absolute atomic E-state index is 0.0489. The Morgan fingerprint density at radius 1 is 0.974 bits per heavy atom. The summed E-state index contributed by atoms with van der Waals surface area (Å²) in [4.78, 5) is 21.7. The van der Waals surface area contributed by atoms with Crippen molar-refractivity contribution in [1.82, 2.24) is 24.4 Å². The molecule has 0 radical (unpaired) electrons. The van der Waals surface area contributed by atoms with Crippen molar-refractivity contribution < 1.29 is 22.7 Å². The van der Waals surface area contributed by atoms with Gasteiger partial charge in [-0.2, -0.15) is 18.3 Å². The maximum Gasteiger partial charge on any atom is 0.433 e. The van der Waals surface area contributed by atoms with E-state index in [0.717, 1.165) is 12.6 Å². The number of hydrogen-bond donors (Lipinski definition) is 0. The van der Waals surface area contributed by atoms with Crippen LogP contribution in [0.1, 0.15) is 41.0 Å². The molecule has 7 nitrogen and oxygen atoms in total. The quantitative estimate of drug-likeness (QED) is 0.325. The summed E-state index contributed by atoms with van der Waals surface area (Å²) in [5.41, 5.74) is 1.90. The molecule has 0 spiro atoms. The predicted molar refractivity (Wildman–Crippen MR) is 144 cm³/mol. The van der Waals surface area contributed by atoms with Gasteiger partial charge < -0.3 is 9.64 Å². The highest BCUT2D eigenvalue weighted by Gasteiger charge is 2.36. The minimum Gasteiger partial charge on any atom is -0.497 e. The van der Waals surface area contributed by atoms with E-state index in [1.54, 1.807) is 29.2 Å². The number of rotatable bonds is 5. The van der Waals surface area contributed by atoms with Gasteiger partial charge in [-0.1, -0.05) is 43.7 Å². The lowest BCUT2D eigenvalue weighted by Gasteiger charge is -2.34. The molecule has 0 bridgehead atoms. The van der Waals surface area contributed by atoms with Crippen LogP contribution in [0.5, 0.6) is 5.75 Å². The van der Waals surface area contributed by atoms with Crippen molar-refractivity contribution in [2.75, 3.05) is 33.3 Å². The summed E-state index contributed by atoms with van der Waals surface area (Å²) in [6, 6.07) is 15.8. The summed E-state index contributed by atoms with van der Waals surface area (Å²) in [5.74, 6) is 0.195. The van der Waals surface area contributed by atoms with Gasteiger partial charge in [-0.15, -0.1) is 0 Å². The summed E-state index contributed by atoms with van der Waals surface area (Å²) in [6.07, 6.45) is -3.51. The number of alkyl halides is 3. The van der Waals surface area contributed by atoms with E-state index in [2.05, 4.69) is 39.2 Å². The van der Waals surface area contributed by atoms with Gasteiger partial charge in [0.1, 0.15) is 11.3 Å². The number of carbonyl (C=O) groups is 1. The second-order valence-corrected chi connectivity index (χ2v) is 9.10. The molecule has 1 saturated heterocycles. The van der Waals surface area contributed by atoms with Gasteiger partial charge in [0.25, 0.3) is 5.91 Å². The van der Waals surface area contributed by atoms with Crippen LogP contribution < -0.4 is 4.74 Å². The normalized spacial score (nSPS) is 14.2. The first-order valence-electron chi connectivity index (χ1n) is 12.9. The van der Waals surface area contributed by atoms with Gasteiger partial charge in [0, 0.05) is 38.3 Å². The van der Waals surface area contributed by atoms with Crippen molar-refractivity contribution >= 4 is 11.6 Å². The molecule has 4 aromatic rings. The second-order valence-electron chi connectivity index (χ2n) is 9.10. The van der Waals surface area contributed by atoms with E-state index >= 15 is 0 Å². The monoisotopic (exact) mass is 539 g/mol. The molecule has 5 rings (SSSR count). The number of amides is 1. The largest absolute Gasteiger partial charge is 0.497 e. The van der Waals surface area contributed by atoms with Gasteiger partial charge in [0.2, 0.25) is 0 Å². The molecule has 0 unspecified atom stereocenters. The fraction of sp³-hybridized carbons (Fsp3) is 0.345. The minimum atomic E-state index is -4.68. The average Bonchev–Trinajstić information content (AvgIpc) is 3.38. The smallest absolute Gasteiger partial charge is 0.433 e. The van der Waals surface area contributed by atoms with Gasteiger partial charge >= 0.3 is 6.18 Å². The van der Waals surface area contributed by atoms with Gasteiger partial charge in [-0.25, -0.2) is 9.50 Å². The molecule has 0 atom stereocenters. The maximum atomic E-state index is 13.9. The number of methoxy groups -OCH3 is 1. The highest BCUT2D eigenvalue weighted by Crippen LogP contribution is 2.33. The lowest BCUT2D eigenvalue weighted by atomic mass is 10.1. The van der Waals surface area contributed by atoms with Crippen molar-refractivity contribution in [3.05, 3.63) is 83.2 Å². The lowest BCUT2D eigenvalue weighted by Crippen LogP contribution is -2.48. The molecule has 0 aliphatic carbocycles. The van der Waals surface area contributed by atoms with Crippen molar-refractivity contribution in [3.63, 3.8) is 0 Å². The molecule has 10 heteroatoms. The third kappa shape index (κ3) is 6.22. The van der Waals surface area contributed by atoms with Crippen LogP contribution in [0.4, 0.5) is 13.2 Å². The average molecular weight is 540 g/mol. The Kier molecular flexibility index (Phi) is 8.54. The van der Waals surface area contributed by atoms with Gasteiger partial charge in [0.05, 0.1) is 19.0 Å². The number of hydrogen-bond acceptors (Lipinski definition) is 5. The zero-order valence-electron chi connectivity index (χ0n) is 22.5. The van der Waals surface area contributed by atoms with E-state index in [-0.39, 0.29) is 22.8 Å². The van der Waals surface area contributed by atoms with E-state index in [1.807, 2.05) is 20.8 Å². The van der Waals surface area contributed by atoms with Crippen molar-refractivity contribution in [2.24, 2.45) is 0 Å². The Hall–Kier alpha value is -3.92. The number of halogens is 3. The Labute approximate surface area is 225 Å². The first-order chi connectivity index (χ1) is 18.7. The Morgan fingerprint density at radius 2 is 1.62 bits per heavy atom. The van der Waals surface area contributed by atoms with E-state index in [4.69, 9.17) is 4.74 Å². The fourth-order valence-corrected chi connectivity index (χ4v) is 4.46. The summed E-state index contributed by atoms with van der Waals surface area (Å²) in [7, 11) is 1.51. The summed E-state index contributed by atoms with van der Waals surface area (Å²) in [6.45, 7) is 9.08.